The second-order valence-corrected chi connectivity index (χ2v) is 6.07. The van der Waals surface area contributed by atoms with Crippen LogP contribution in [0.3, 0.4) is 0 Å². The van der Waals surface area contributed by atoms with Crippen LogP contribution in [0.5, 0.6) is 0 Å². The molecule has 1 fully saturated rings. The van der Waals surface area contributed by atoms with Crippen LogP contribution in [0.4, 0.5) is 4.39 Å². The summed E-state index contributed by atoms with van der Waals surface area (Å²) in [5.41, 5.74) is 2.24. The summed E-state index contributed by atoms with van der Waals surface area (Å²) in [5, 5.41) is 1.17. The fraction of sp³-hybridized carbons (Fsp3) is 0.389. The van der Waals surface area contributed by atoms with Crippen molar-refractivity contribution in [2.75, 3.05) is 6.67 Å². The van der Waals surface area contributed by atoms with Crippen molar-refractivity contribution in [3.05, 3.63) is 48.7 Å². The van der Waals surface area contributed by atoms with E-state index in [0.717, 1.165) is 24.1 Å². The molecule has 0 N–H and O–H groups in total. The quantitative estimate of drug-likeness (QED) is 0.777. The first-order valence-corrected chi connectivity index (χ1v) is 7.66. The molecule has 2 aromatic rings. The maximum Gasteiger partial charge on any atom is 0.246 e. The Morgan fingerprint density at radius 3 is 2.82 bits per heavy atom. The normalized spacial score (nSPS) is 20.6. The molecule has 1 aromatic carbocycles. The molecular formula is C18H21FN2O. The minimum atomic E-state index is -0.291. The van der Waals surface area contributed by atoms with Gasteiger partial charge in [0.1, 0.15) is 0 Å². The summed E-state index contributed by atoms with van der Waals surface area (Å²) < 4.78 is 14.8. The lowest BCUT2D eigenvalue weighted by Gasteiger charge is -2.41. The van der Waals surface area contributed by atoms with Crippen molar-refractivity contribution in [2.24, 2.45) is 13.0 Å². The molecule has 0 saturated heterocycles. The lowest BCUT2D eigenvalue weighted by atomic mass is 9.80. The number of carbonyl (C=O) groups excluding carboxylic acids is 1. The van der Waals surface area contributed by atoms with Gasteiger partial charge in [-0.05, 0) is 42.4 Å². The maximum absolute atomic E-state index is 12.7. The molecule has 0 spiro atoms. The molecule has 116 valence electrons. The minimum absolute atomic E-state index is 0.0763. The van der Waals surface area contributed by atoms with Gasteiger partial charge in [-0.25, -0.2) is 0 Å². The van der Waals surface area contributed by atoms with E-state index in [1.807, 2.05) is 24.1 Å². The van der Waals surface area contributed by atoms with E-state index in [2.05, 4.69) is 29.3 Å². The largest absolute Gasteiger partial charge is 0.346 e. The minimum Gasteiger partial charge on any atom is -0.346 e. The van der Waals surface area contributed by atoms with Crippen molar-refractivity contribution in [2.45, 2.75) is 25.4 Å². The third kappa shape index (κ3) is 2.54. The van der Waals surface area contributed by atoms with Crippen LogP contribution < -0.4 is 0 Å². The molecule has 1 aliphatic rings. The van der Waals surface area contributed by atoms with Crippen LogP contribution >= 0.6 is 0 Å². The molecule has 1 saturated carbocycles. The highest BCUT2D eigenvalue weighted by molar-refractivity contribution is 5.87. The summed E-state index contributed by atoms with van der Waals surface area (Å²) in [6.07, 6.45) is 2.85. The Labute approximate surface area is 130 Å². The average molecular weight is 300 g/mol. The number of alkyl halides is 1. The third-order valence-electron chi connectivity index (χ3n) is 4.71. The first-order chi connectivity index (χ1) is 10.6. The van der Waals surface area contributed by atoms with Crippen LogP contribution in [0, 0.1) is 5.92 Å². The SMILES string of the molecule is C=CC(=O)N(Cc1cc2ccccc2n1C)C1CC(CF)C1. The summed E-state index contributed by atoms with van der Waals surface area (Å²) in [5.74, 6) is 0.0326. The number of fused-ring (bicyclic) bond motifs is 1. The Bertz CT molecular complexity index is 700. The number of halogens is 1. The molecule has 0 atom stereocenters. The van der Waals surface area contributed by atoms with Crippen molar-refractivity contribution in [3.8, 4) is 0 Å². The molecule has 1 aromatic heterocycles. The molecule has 1 aliphatic carbocycles. The van der Waals surface area contributed by atoms with E-state index in [0.29, 0.717) is 6.54 Å². The van der Waals surface area contributed by atoms with Crippen molar-refractivity contribution in [3.63, 3.8) is 0 Å². The van der Waals surface area contributed by atoms with Gasteiger partial charge >= 0.3 is 0 Å². The number of amides is 1. The number of aryl methyl sites for hydroxylation is 1. The summed E-state index contributed by atoms with van der Waals surface area (Å²) in [6.45, 7) is 3.85. The van der Waals surface area contributed by atoms with Gasteiger partial charge in [-0.2, -0.15) is 0 Å². The van der Waals surface area contributed by atoms with Crippen molar-refractivity contribution in [1.29, 1.82) is 0 Å². The molecule has 4 heteroatoms. The lowest BCUT2D eigenvalue weighted by Crippen LogP contribution is -2.47. The number of benzene rings is 1. The zero-order valence-corrected chi connectivity index (χ0v) is 12.8. The standard InChI is InChI=1S/C18H21FN2O/c1-3-18(22)21(15-8-13(9-15)11-19)12-16-10-14-6-4-5-7-17(14)20(16)2/h3-7,10,13,15H,1,8-9,11-12H2,2H3. The van der Waals surface area contributed by atoms with Gasteiger partial charge in [0.15, 0.2) is 0 Å². The Morgan fingerprint density at radius 1 is 1.45 bits per heavy atom. The maximum atomic E-state index is 12.7. The van der Waals surface area contributed by atoms with Gasteiger partial charge in [-0.15, -0.1) is 0 Å². The predicted molar refractivity (Wildman–Crippen MR) is 86.2 cm³/mol. The van der Waals surface area contributed by atoms with E-state index in [9.17, 15) is 9.18 Å². The predicted octanol–water partition coefficient (Wildman–Crippen LogP) is 3.44. The van der Waals surface area contributed by atoms with Gasteiger partial charge in [-0.3, -0.25) is 9.18 Å². The number of rotatable bonds is 5. The van der Waals surface area contributed by atoms with Crippen molar-refractivity contribution >= 4 is 16.8 Å². The number of carbonyl (C=O) groups is 1. The second-order valence-electron chi connectivity index (χ2n) is 6.07. The Kier molecular flexibility index (Phi) is 4.01. The molecule has 22 heavy (non-hydrogen) atoms. The monoisotopic (exact) mass is 300 g/mol. The average Bonchev–Trinajstić information content (AvgIpc) is 2.81. The van der Waals surface area contributed by atoms with Crippen LogP contribution in [-0.4, -0.2) is 28.1 Å². The highest BCUT2D eigenvalue weighted by Gasteiger charge is 2.35. The van der Waals surface area contributed by atoms with E-state index < -0.39 is 0 Å². The number of aromatic nitrogens is 1. The molecule has 3 rings (SSSR count). The first-order valence-electron chi connectivity index (χ1n) is 7.66. The van der Waals surface area contributed by atoms with E-state index >= 15 is 0 Å². The van der Waals surface area contributed by atoms with Crippen molar-refractivity contribution < 1.29 is 9.18 Å². The van der Waals surface area contributed by atoms with Gasteiger partial charge in [0.05, 0.1) is 13.2 Å². The highest BCUT2D eigenvalue weighted by atomic mass is 19.1. The molecule has 0 radical (unpaired) electrons. The van der Waals surface area contributed by atoms with Crippen LogP contribution in [-0.2, 0) is 18.4 Å². The molecule has 0 aliphatic heterocycles. The zero-order valence-electron chi connectivity index (χ0n) is 12.8. The number of hydrogen-bond donors (Lipinski definition) is 0. The Morgan fingerprint density at radius 2 is 2.18 bits per heavy atom. The number of para-hydroxylation sites is 1. The third-order valence-corrected chi connectivity index (χ3v) is 4.71. The second kappa shape index (κ2) is 5.95. The van der Waals surface area contributed by atoms with Gasteiger partial charge in [-0.1, -0.05) is 24.8 Å². The van der Waals surface area contributed by atoms with E-state index in [4.69, 9.17) is 0 Å². The van der Waals surface area contributed by atoms with Gasteiger partial charge in [0.25, 0.3) is 0 Å². The van der Waals surface area contributed by atoms with Gasteiger partial charge in [0, 0.05) is 24.3 Å². The molecule has 3 nitrogen and oxygen atoms in total. The van der Waals surface area contributed by atoms with Gasteiger partial charge in [0.2, 0.25) is 5.91 Å². The number of nitrogens with zero attached hydrogens (tertiary/aromatic N) is 2. The molecule has 1 amide bonds. The summed E-state index contributed by atoms with van der Waals surface area (Å²) in [4.78, 5) is 14.0. The van der Waals surface area contributed by atoms with E-state index in [1.54, 1.807) is 0 Å². The Hall–Kier alpha value is -2.10. The summed E-state index contributed by atoms with van der Waals surface area (Å²) >= 11 is 0. The molecular weight excluding hydrogens is 279 g/mol. The van der Waals surface area contributed by atoms with E-state index in [-0.39, 0.29) is 24.5 Å². The van der Waals surface area contributed by atoms with E-state index in [1.165, 1.54) is 11.5 Å². The fourth-order valence-corrected chi connectivity index (χ4v) is 3.26. The van der Waals surface area contributed by atoms with Crippen LogP contribution in [0.25, 0.3) is 10.9 Å². The smallest absolute Gasteiger partial charge is 0.246 e. The summed E-state index contributed by atoms with van der Waals surface area (Å²) in [6, 6.07) is 10.4. The van der Waals surface area contributed by atoms with Crippen LogP contribution in [0.1, 0.15) is 18.5 Å². The highest BCUT2D eigenvalue weighted by Crippen LogP contribution is 2.33. The first kappa shape index (κ1) is 14.8. The van der Waals surface area contributed by atoms with Crippen molar-refractivity contribution in [1.82, 2.24) is 9.47 Å². The lowest BCUT2D eigenvalue weighted by molar-refractivity contribution is -0.132. The fourth-order valence-electron chi connectivity index (χ4n) is 3.26. The molecule has 0 bridgehead atoms. The molecule has 0 unspecified atom stereocenters. The Balaban J connectivity index is 1.84. The topological polar surface area (TPSA) is 25.2 Å². The van der Waals surface area contributed by atoms with Crippen LogP contribution in [0.2, 0.25) is 0 Å². The van der Waals surface area contributed by atoms with Crippen LogP contribution in [0.15, 0.2) is 43.0 Å². The number of hydrogen-bond acceptors (Lipinski definition) is 1. The summed E-state index contributed by atoms with van der Waals surface area (Å²) in [7, 11) is 2.01. The molecule has 1 heterocycles. The van der Waals surface area contributed by atoms with Gasteiger partial charge < -0.3 is 9.47 Å². The zero-order chi connectivity index (χ0) is 15.7.